The van der Waals surface area contributed by atoms with E-state index in [1.807, 2.05) is 30.3 Å². The van der Waals surface area contributed by atoms with E-state index >= 15 is 0 Å². The van der Waals surface area contributed by atoms with Crippen molar-refractivity contribution in [1.29, 1.82) is 0 Å². The normalized spacial score (nSPS) is 10.6. The average molecular weight is 390 g/mol. The van der Waals surface area contributed by atoms with Gasteiger partial charge in [-0.25, -0.2) is 5.43 Å². The summed E-state index contributed by atoms with van der Waals surface area (Å²) in [6.07, 6.45) is 1.52. The van der Waals surface area contributed by atoms with Crippen molar-refractivity contribution < 1.29 is 19.0 Å². The van der Waals surface area contributed by atoms with Gasteiger partial charge in [0.25, 0.3) is 5.91 Å². The van der Waals surface area contributed by atoms with Gasteiger partial charge in [0, 0.05) is 17.2 Å². The Kier molecular flexibility index (Phi) is 6.84. The fourth-order valence-electron chi connectivity index (χ4n) is 2.59. The number of rotatable bonds is 8. The van der Waals surface area contributed by atoms with Crippen molar-refractivity contribution in [2.75, 3.05) is 14.2 Å². The molecule has 0 aromatic heterocycles. The number of nitrogens with zero attached hydrogens (tertiary/aromatic N) is 1. The Labute approximate surface area is 169 Å². The molecule has 6 nitrogen and oxygen atoms in total. The molecular weight excluding hydrogens is 368 g/mol. The van der Waals surface area contributed by atoms with Gasteiger partial charge in [0.05, 0.1) is 20.4 Å². The number of amides is 1. The van der Waals surface area contributed by atoms with Gasteiger partial charge >= 0.3 is 0 Å². The minimum absolute atomic E-state index is 0.316. The molecule has 3 aromatic rings. The maximum absolute atomic E-state index is 12.3. The van der Waals surface area contributed by atoms with E-state index in [2.05, 4.69) is 10.5 Å². The summed E-state index contributed by atoms with van der Waals surface area (Å²) in [5, 5.41) is 4.00. The number of benzene rings is 3. The number of hydrazone groups is 1. The molecule has 0 fully saturated rings. The van der Waals surface area contributed by atoms with E-state index in [1.54, 1.807) is 56.7 Å². The average Bonchev–Trinajstić information content (AvgIpc) is 2.78. The van der Waals surface area contributed by atoms with E-state index in [9.17, 15) is 4.79 Å². The molecule has 0 heterocycles. The Morgan fingerprint density at radius 3 is 2.34 bits per heavy atom. The van der Waals surface area contributed by atoms with Crippen LogP contribution in [0.4, 0.5) is 0 Å². The predicted molar refractivity (Wildman–Crippen MR) is 112 cm³/mol. The first kappa shape index (κ1) is 19.9. The molecule has 0 spiro atoms. The second-order valence-corrected chi connectivity index (χ2v) is 6.11. The zero-order chi connectivity index (χ0) is 20.5. The number of ether oxygens (including phenoxy) is 3. The van der Waals surface area contributed by atoms with Crippen LogP contribution in [0.15, 0.2) is 77.9 Å². The SMILES string of the molecule is COc1ccc(/C=N/NC(=O)c2ccc(OCc3ccccc3)cc2)c(OC)c1. The third kappa shape index (κ3) is 5.59. The van der Waals surface area contributed by atoms with Crippen LogP contribution in [0.1, 0.15) is 21.5 Å². The highest BCUT2D eigenvalue weighted by atomic mass is 16.5. The van der Waals surface area contributed by atoms with Crippen molar-refractivity contribution >= 4 is 12.1 Å². The largest absolute Gasteiger partial charge is 0.497 e. The van der Waals surface area contributed by atoms with Crippen LogP contribution in [-0.2, 0) is 6.61 Å². The summed E-state index contributed by atoms with van der Waals surface area (Å²) in [5.41, 5.74) is 4.79. The quantitative estimate of drug-likeness (QED) is 0.465. The lowest BCUT2D eigenvalue weighted by Gasteiger charge is -2.07. The lowest BCUT2D eigenvalue weighted by atomic mass is 10.2. The molecular formula is C23H22N2O4. The molecule has 0 radical (unpaired) electrons. The molecule has 1 amide bonds. The summed E-state index contributed by atoms with van der Waals surface area (Å²) in [6, 6.07) is 22.1. The van der Waals surface area contributed by atoms with E-state index in [1.165, 1.54) is 6.21 Å². The fourth-order valence-corrected chi connectivity index (χ4v) is 2.59. The number of nitrogens with one attached hydrogen (secondary N) is 1. The van der Waals surface area contributed by atoms with E-state index in [0.717, 1.165) is 11.1 Å². The van der Waals surface area contributed by atoms with E-state index in [0.29, 0.717) is 29.4 Å². The van der Waals surface area contributed by atoms with Crippen LogP contribution in [0.25, 0.3) is 0 Å². The highest BCUT2D eigenvalue weighted by Gasteiger charge is 2.06. The van der Waals surface area contributed by atoms with Gasteiger partial charge in [0.15, 0.2) is 0 Å². The van der Waals surface area contributed by atoms with Crippen molar-refractivity contribution in [2.45, 2.75) is 6.61 Å². The second-order valence-electron chi connectivity index (χ2n) is 6.11. The molecule has 0 saturated heterocycles. The fraction of sp³-hybridized carbons (Fsp3) is 0.130. The summed E-state index contributed by atoms with van der Waals surface area (Å²) >= 11 is 0. The van der Waals surface area contributed by atoms with Crippen molar-refractivity contribution in [2.24, 2.45) is 5.10 Å². The van der Waals surface area contributed by atoms with E-state index in [-0.39, 0.29) is 5.91 Å². The summed E-state index contributed by atoms with van der Waals surface area (Å²) in [5.74, 6) is 1.65. The maximum Gasteiger partial charge on any atom is 0.271 e. The van der Waals surface area contributed by atoms with Gasteiger partial charge in [0.2, 0.25) is 0 Å². The van der Waals surface area contributed by atoms with E-state index in [4.69, 9.17) is 14.2 Å². The van der Waals surface area contributed by atoms with Gasteiger partial charge in [0.1, 0.15) is 23.9 Å². The topological polar surface area (TPSA) is 69.2 Å². The van der Waals surface area contributed by atoms with E-state index < -0.39 is 0 Å². The molecule has 0 aliphatic rings. The van der Waals surface area contributed by atoms with Gasteiger partial charge in [-0.15, -0.1) is 0 Å². The lowest BCUT2D eigenvalue weighted by Crippen LogP contribution is -2.17. The molecule has 0 aliphatic heterocycles. The van der Waals surface area contributed by atoms with Crippen LogP contribution in [-0.4, -0.2) is 26.3 Å². The molecule has 6 heteroatoms. The molecule has 3 rings (SSSR count). The Morgan fingerprint density at radius 2 is 1.66 bits per heavy atom. The number of hydrogen-bond acceptors (Lipinski definition) is 5. The first-order chi connectivity index (χ1) is 14.2. The molecule has 0 saturated carbocycles. The van der Waals surface area contributed by atoms with Crippen LogP contribution in [0.3, 0.4) is 0 Å². The number of hydrogen-bond donors (Lipinski definition) is 1. The molecule has 148 valence electrons. The maximum atomic E-state index is 12.3. The van der Waals surface area contributed by atoms with Crippen molar-refractivity contribution in [1.82, 2.24) is 5.43 Å². The number of methoxy groups -OCH3 is 2. The van der Waals surface area contributed by atoms with Crippen molar-refractivity contribution in [3.8, 4) is 17.2 Å². The molecule has 29 heavy (non-hydrogen) atoms. The van der Waals surface area contributed by atoms with Crippen LogP contribution >= 0.6 is 0 Å². The summed E-state index contributed by atoms with van der Waals surface area (Å²) < 4.78 is 16.2. The Balaban J connectivity index is 1.56. The zero-order valence-corrected chi connectivity index (χ0v) is 16.3. The molecule has 0 unspecified atom stereocenters. The first-order valence-electron chi connectivity index (χ1n) is 9.02. The van der Waals surface area contributed by atoms with Crippen molar-refractivity contribution in [3.63, 3.8) is 0 Å². The van der Waals surface area contributed by atoms with Crippen LogP contribution < -0.4 is 19.6 Å². The minimum atomic E-state index is -0.316. The Bertz CT molecular complexity index is 970. The first-order valence-corrected chi connectivity index (χ1v) is 9.02. The monoisotopic (exact) mass is 390 g/mol. The molecule has 0 bridgehead atoms. The Hall–Kier alpha value is -3.80. The standard InChI is InChI=1S/C23H22N2O4/c1-27-21-13-10-19(22(14-21)28-2)15-24-25-23(26)18-8-11-20(12-9-18)29-16-17-6-4-3-5-7-17/h3-15H,16H2,1-2H3,(H,25,26)/b24-15+. The highest BCUT2D eigenvalue weighted by molar-refractivity contribution is 5.95. The van der Waals surface area contributed by atoms with Crippen LogP contribution in [0.5, 0.6) is 17.2 Å². The molecule has 0 aliphatic carbocycles. The predicted octanol–water partition coefficient (Wildman–Crippen LogP) is 4.05. The van der Waals surface area contributed by atoms with Gasteiger partial charge in [-0.05, 0) is 42.0 Å². The smallest absolute Gasteiger partial charge is 0.271 e. The molecule has 0 atom stereocenters. The number of carbonyl (C=O) groups is 1. The van der Waals surface area contributed by atoms with Gasteiger partial charge in [-0.1, -0.05) is 30.3 Å². The lowest BCUT2D eigenvalue weighted by molar-refractivity contribution is 0.0955. The molecule has 3 aromatic carbocycles. The highest BCUT2D eigenvalue weighted by Crippen LogP contribution is 2.23. The van der Waals surface area contributed by atoms with Gasteiger partial charge in [-0.3, -0.25) is 4.79 Å². The van der Waals surface area contributed by atoms with Gasteiger partial charge < -0.3 is 14.2 Å². The summed E-state index contributed by atoms with van der Waals surface area (Å²) in [4.78, 5) is 12.3. The summed E-state index contributed by atoms with van der Waals surface area (Å²) in [7, 11) is 3.15. The zero-order valence-electron chi connectivity index (χ0n) is 16.3. The third-order valence-electron chi connectivity index (χ3n) is 4.18. The number of carbonyl (C=O) groups excluding carboxylic acids is 1. The van der Waals surface area contributed by atoms with Crippen LogP contribution in [0.2, 0.25) is 0 Å². The third-order valence-corrected chi connectivity index (χ3v) is 4.18. The Morgan fingerprint density at radius 1 is 0.931 bits per heavy atom. The second kappa shape index (κ2) is 9.94. The van der Waals surface area contributed by atoms with Crippen molar-refractivity contribution in [3.05, 3.63) is 89.5 Å². The summed E-state index contributed by atoms with van der Waals surface area (Å²) in [6.45, 7) is 0.473. The van der Waals surface area contributed by atoms with Crippen LogP contribution in [0, 0.1) is 0 Å². The minimum Gasteiger partial charge on any atom is -0.497 e. The van der Waals surface area contributed by atoms with Gasteiger partial charge in [-0.2, -0.15) is 5.10 Å². The molecule has 1 N–H and O–H groups in total.